The second kappa shape index (κ2) is 6.96. The van der Waals surface area contributed by atoms with Crippen LogP contribution in [-0.4, -0.2) is 28.9 Å². The zero-order chi connectivity index (χ0) is 18.1. The molecule has 134 valence electrons. The van der Waals surface area contributed by atoms with Gasteiger partial charge in [-0.3, -0.25) is 9.69 Å². The lowest BCUT2D eigenvalue weighted by molar-refractivity contribution is -0.115. The van der Waals surface area contributed by atoms with Crippen molar-refractivity contribution in [2.45, 2.75) is 33.2 Å². The van der Waals surface area contributed by atoms with Crippen LogP contribution in [-0.2, 0) is 24.2 Å². The average Bonchev–Trinajstić information content (AvgIpc) is 2.98. The normalized spacial score (nSPS) is 14.4. The maximum Gasteiger partial charge on any atom is 0.228 e. The molecule has 1 aliphatic heterocycles. The van der Waals surface area contributed by atoms with Crippen molar-refractivity contribution in [2.75, 3.05) is 18.4 Å². The predicted molar refractivity (Wildman–Crippen MR) is 106 cm³/mol. The molecule has 1 amide bonds. The highest BCUT2D eigenvalue weighted by atomic mass is 16.1. The molecule has 0 radical (unpaired) electrons. The highest BCUT2D eigenvalue weighted by Gasteiger charge is 2.19. The molecule has 2 N–H and O–H groups in total. The third-order valence-corrected chi connectivity index (χ3v) is 5.23. The van der Waals surface area contributed by atoms with Crippen LogP contribution in [0.25, 0.3) is 10.9 Å². The van der Waals surface area contributed by atoms with Gasteiger partial charge in [0.25, 0.3) is 0 Å². The number of likely N-dealkylation sites (N-methyl/N-ethyl adjacent to an activating group) is 1. The van der Waals surface area contributed by atoms with E-state index in [1.54, 1.807) is 0 Å². The van der Waals surface area contributed by atoms with Gasteiger partial charge in [0, 0.05) is 41.8 Å². The van der Waals surface area contributed by atoms with E-state index < -0.39 is 0 Å². The fourth-order valence-electron chi connectivity index (χ4n) is 3.83. The van der Waals surface area contributed by atoms with Gasteiger partial charge in [-0.25, -0.2) is 0 Å². The van der Waals surface area contributed by atoms with Crippen molar-refractivity contribution in [3.63, 3.8) is 0 Å². The van der Waals surface area contributed by atoms with E-state index in [2.05, 4.69) is 40.3 Å². The van der Waals surface area contributed by atoms with Crippen molar-refractivity contribution in [1.82, 2.24) is 9.88 Å². The van der Waals surface area contributed by atoms with Gasteiger partial charge in [0.15, 0.2) is 0 Å². The Morgan fingerprint density at radius 1 is 1.23 bits per heavy atom. The van der Waals surface area contributed by atoms with Crippen LogP contribution >= 0.6 is 0 Å². The van der Waals surface area contributed by atoms with Crippen LogP contribution in [0.15, 0.2) is 42.5 Å². The van der Waals surface area contributed by atoms with E-state index in [0.717, 1.165) is 42.8 Å². The molecule has 0 saturated carbocycles. The smallest absolute Gasteiger partial charge is 0.228 e. The van der Waals surface area contributed by atoms with Crippen LogP contribution in [0.4, 0.5) is 5.69 Å². The number of rotatable bonds is 4. The molecule has 2 aromatic carbocycles. The van der Waals surface area contributed by atoms with Crippen molar-refractivity contribution in [3.8, 4) is 0 Å². The molecule has 0 fully saturated rings. The van der Waals surface area contributed by atoms with E-state index in [4.69, 9.17) is 0 Å². The van der Waals surface area contributed by atoms with E-state index in [1.165, 1.54) is 22.2 Å². The van der Waals surface area contributed by atoms with Crippen LogP contribution < -0.4 is 5.32 Å². The first-order chi connectivity index (χ1) is 12.6. The Labute approximate surface area is 154 Å². The Morgan fingerprint density at radius 2 is 2.12 bits per heavy atom. The molecular weight excluding hydrogens is 322 g/mol. The lowest BCUT2D eigenvalue weighted by Gasteiger charge is -2.25. The Bertz CT molecular complexity index is 957. The second-order valence-electron chi connectivity index (χ2n) is 7.18. The van der Waals surface area contributed by atoms with Crippen molar-refractivity contribution < 1.29 is 4.79 Å². The minimum atomic E-state index is 0.0227. The number of aromatic amines is 1. The fourth-order valence-corrected chi connectivity index (χ4v) is 3.83. The number of fused-ring (bicyclic) bond motifs is 3. The lowest BCUT2D eigenvalue weighted by Crippen LogP contribution is -2.29. The third-order valence-electron chi connectivity index (χ3n) is 5.23. The molecule has 0 bridgehead atoms. The van der Waals surface area contributed by atoms with E-state index in [0.29, 0.717) is 6.42 Å². The van der Waals surface area contributed by atoms with Gasteiger partial charge in [-0.2, -0.15) is 0 Å². The number of anilines is 1. The van der Waals surface area contributed by atoms with Crippen molar-refractivity contribution in [3.05, 3.63) is 64.8 Å². The van der Waals surface area contributed by atoms with Gasteiger partial charge in [-0.1, -0.05) is 36.8 Å². The molecule has 1 aromatic heterocycles. The summed E-state index contributed by atoms with van der Waals surface area (Å²) in [5.74, 6) is 0.0227. The van der Waals surface area contributed by atoms with Crippen molar-refractivity contribution in [2.24, 2.45) is 0 Å². The summed E-state index contributed by atoms with van der Waals surface area (Å²) >= 11 is 0. The molecule has 0 aliphatic carbocycles. The second-order valence-corrected chi connectivity index (χ2v) is 7.18. The molecule has 4 nitrogen and oxygen atoms in total. The zero-order valence-corrected chi connectivity index (χ0v) is 15.4. The Balaban J connectivity index is 1.54. The minimum absolute atomic E-state index is 0.0227. The zero-order valence-electron chi connectivity index (χ0n) is 15.4. The number of carbonyl (C=O) groups is 1. The number of aromatic nitrogens is 1. The quantitative estimate of drug-likeness (QED) is 0.748. The number of carbonyl (C=O) groups excluding carboxylic acids is 1. The number of benzene rings is 2. The first kappa shape index (κ1) is 16.9. The van der Waals surface area contributed by atoms with Gasteiger partial charge in [0.1, 0.15) is 0 Å². The van der Waals surface area contributed by atoms with E-state index in [9.17, 15) is 4.79 Å². The lowest BCUT2D eigenvalue weighted by atomic mass is 10.0. The average molecular weight is 347 g/mol. The topological polar surface area (TPSA) is 48.1 Å². The van der Waals surface area contributed by atoms with Crippen LogP contribution in [0.3, 0.4) is 0 Å². The molecule has 1 aliphatic rings. The van der Waals surface area contributed by atoms with Gasteiger partial charge in [0.2, 0.25) is 5.91 Å². The summed E-state index contributed by atoms with van der Waals surface area (Å²) in [5, 5.41) is 4.29. The molecule has 0 saturated heterocycles. The first-order valence-corrected chi connectivity index (χ1v) is 9.33. The van der Waals surface area contributed by atoms with Gasteiger partial charge in [0.05, 0.1) is 6.42 Å². The SMILES string of the molecule is CCN1CCc2[nH]c3ccc(NC(=O)Cc4cccc(C)c4)cc3c2C1. The molecule has 26 heavy (non-hydrogen) atoms. The minimum Gasteiger partial charge on any atom is -0.358 e. The van der Waals surface area contributed by atoms with E-state index >= 15 is 0 Å². The molecule has 4 rings (SSSR count). The van der Waals surface area contributed by atoms with Crippen LogP contribution in [0.1, 0.15) is 29.3 Å². The summed E-state index contributed by atoms with van der Waals surface area (Å²) in [4.78, 5) is 18.4. The molecule has 0 atom stereocenters. The number of amides is 1. The van der Waals surface area contributed by atoms with Gasteiger partial charge < -0.3 is 10.3 Å². The predicted octanol–water partition coefficient (Wildman–Crippen LogP) is 4.04. The molecule has 4 heteroatoms. The van der Waals surface area contributed by atoms with Gasteiger partial charge >= 0.3 is 0 Å². The largest absolute Gasteiger partial charge is 0.358 e. The highest BCUT2D eigenvalue weighted by molar-refractivity contribution is 5.96. The molecule has 2 heterocycles. The Hall–Kier alpha value is -2.59. The maximum atomic E-state index is 12.4. The molecule has 0 unspecified atom stereocenters. The molecule has 3 aromatic rings. The third kappa shape index (κ3) is 3.37. The van der Waals surface area contributed by atoms with Crippen molar-refractivity contribution >= 4 is 22.5 Å². The first-order valence-electron chi connectivity index (χ1n) is 9.33. The van der Waals surface area contributed by atoms with Crippen molar-refractivity contribution in [1.29, 1.82) is 0 Å². The summed E-state index contributed by atoms with van der Waals surface area (Å²) in [6, 6.07) is 14.3. The number of hydrogen-bond acceptors (Lipinski definition) is 2. The van der Waals surface area contributed by atoms with Gasteiger partial charge in [-0.05, 0) is 42.8 Å². The number of H-pyrrole nitrogens is 1. The van der Waals surface area contributed by atoms with Gasteiger partial charge in [-0.15, -0.1) is 0 Å². The summed E-state index contributed by atoms with van der Waals surface area (Å²) < 4.78 is 0. The monoisotopic (exact) mass is 347 g/mol. The summed E-state index contributed by atoms with van der Waals surface area (Å²) in [6.45, 7) is 7.41. The van der Waals surface area contributed by atoms with Crippen LogP contribution in [0, 0.1) is 6.92 Å². The van der Waals surface area contributed by atoms with E-state index in [1.807, 2.05) is 31.2 Å². The van der Waals surface area contributed by atoms with Crippen LogP contribution in [0.5, 0.6) is 0 Å². The summed E-state index contributed by atoms with van der Waals surface area (Å²) in [7, 11) is 0. The molecular formula is C22H25N3O. The molecule has 0 spiro atoms. The Morgan fingerprint density at radius 3 is 2.92 bits per heavy atom. The van der Waals surface area contributed by atoms with Crippen LogP contribution in [0.2, 0.25) is 0 Å². The summed E-state index contributed by atoms with van der Waals surface area (Å²) in [5.41, 5.74) is 6.96. The highest BCUT2D eigenvalue weighted by Crippen LogP contribution is 2.29. The number of hydrogen-bond donors (Lipinski definition) is 2. The standard InChI is InChI=1S/C22H25N3O/c1-3-25-10-9-21-19(14-25)18-13-17(7-8-20(18)24-21)23-22(26)12-16-6-4-5-15(2)11-16/h4-8,11,13,24H,3,9-10,12,14H2,1-2H3,(H,23,26). The number of nitrogens with one attached hydrogen (secondary N) is 2. The maximum absolute atomic E-state index is 12.4. The number of aryl methyl sites for hydroxylation is 1. The number of nitrogens with zero attached hydrogens (tertiary/aromatic N) is 1. The fraction of sp³-hybridized carbons (Fsp3) is 0.318. The van der Waals surface area contributed by atoms with E-state index in [-0.39, 0.29) is 5.91 Å². The summed E-state index contributed by atoms with van der Waals surface area (Å²) in [6.07, 6.45) is 1.46. The Kier molecular flexibility index (Phi) is 4.51.